The summed E-state index contributed by atoms with van der Waals surface area (Å²) in [4.78, 5) is 11.3. The minimum absolute atomic E-state index is 0.114. The molecule has 0 heterocycles. The molecule has 2 aliphatic rings. The van der Waals surface area contributed by atoms with Crippen molar-refractivity contribution in [1.29, 1.82) is 0 Å². The molecule has 0 aromatic rings. The molecular formula is C20H32O3. The van der Waals surface area contributed by atoms with E-state index in [4.69, 9.17) is 5.11 Å². The van der Waals surface area contributed by atoms with E-state index < -0.39 is 5.97 Å². The van der Waals surface area contributed by atoms with Crippen LogP contribution in [0.5, 0.6) is 0 Å². The summed E-state index contributed by atoms with van der Waals surface area (Å²) in [7, 11) is 0. The van der Waals surface area contributed by atoms with Crippen molar-refractivity contribution in [1.82, 2.24) is 0 Å². The third-order valence-electron chi connectivity index (χ3n) is 6.57. The van der Waals surface area contributed by atoms with E-state index in [0.717, 1.165) is 12.8 Å². The van der Waals surface area contributed by atoms with E-state index in [1.165, 1.54) is 31.3 Å². The van der Waals surface area contributed by atoms with Gasteiger partial charge in [0, 0.05) is 18.6 Å². The molecule has 3 heteroatoms. The summed E-state index contributed by atoms with van der Waals surface area (Å²) in [5, 5.41) is 18.3. The monoisotopic (exact) mass is 320 g/mol. The zero-order chi connectivity index (χ0) is 17.3. The Morgan fingerprint density at radius 1 is 1.35 bits per heavy atom. The van der Waals surface area contributed by atoms with Crippen LogP contribution in [0.25, 0.3) is 0 Å². The maximum atomic E-state index is 11.3. The van der Waals surface area contributed by atoms with E-state index in [0.29, 0.717) is 22.8 Å². The van der Waals surface area contributed by atoms with Crippen LogP contribution in [0.4, 0.5) is 0 Å². The molecule has 0 aliphatic heterocycles. The maximum absolute atomic E-state index is 11.3. The second-order valence-corrected chi connectivity index (χ2v) is 8.39. The van der Waals surface area contributed by atoms with Gasteiger partial charge in [0.25, 0.3) is 0 Å². The van der Waals surface area contributed by atoms with Crippen molar-refractivity contribution >= 4 is 5.97 Å². The zero-order valence-electron chi connectivity index (χ0n) is 14.9. The van der Waals surface area contributed by atoms with Crippen molar-refractivity contribution in [2.45, 2.75) is 65.7 Å². The van der Waals surface area contributed by atoms with Gasteiger partial charge in [0.2, 0.25) is 0 Å². The number of carbonyl (C=O) groups is 1. The lowest BCUT2D eigenvalue weighted by Gasteiger charge is -2.58. The molecule has 0 bridgehead atoms. The Kier molecular flexibility index (Phi) is 5.40. The molecule has 0 spiro atoms. The number of hydrogen-bond acceptors (Lipinski definition) is 2. The van der Waals surface area contributed by atoms with Gasteiger partial charge in [-0.3, -0.25) is 0 Å². The van der Waals surface area contributed by atoms with Crippen molar-refractivity contribution < 1.29 is 15.0 Å². The average molecular weight is 320 g/mol. The number of allylic oxidation sites excluding steroid dienone is 2. The molecule has 3 atom stereocenters. The van der Waals surface area contributed by atoms with Crippen LogP contribution < -0.4 is 0 Å². The molecule has 2 fully saturated rings. The number of aliphatic carboxylic acids is 1. The maximum Gasteiger partial charge on any atom is 0.331 e. The number of rotatable bonds is 5. The molecule has 0 aromatic heterocycles. The zero-order valence-corrected chi connectivity index (χ0v) is 14.9. The smallest absolute Gasteiger partial charge is 0.331 e. The van der Waals surface area contributed by atoms with Crippen molar-refractivity contribution in [2.24, 2.45) is 22.7 Å². The number of aliphatic hydroxyl groups is 1. The summed E-state index contributed by atoms with van der Waals surface area (Å²) >= 11 is 0. The van der Waals surface area contributed by atoms with Gasteiger partial charge in [0.05, 0.1) is 0 Å². The van der Waals surface area contributed by atoms with Gasteiger partial charge >= 0.3 is 5.97 Å². The standard InChI is InChI=1S/C20H32O3/c1-14-6-9-17-19(2,3)11-5-12-20(17,4)16(14)8-7-15(10-13-21)18(22)23/h7,16-17,21H,1,5-6,8-13H2,2-4H3,(H,22,23)/b15-7+/t16-,17-,20+/m0/s1. The Bertz CT molecular complexity index is 503. The van der Waals surface area contributed by atoms with Gasteiger partial charge in [-0.15, -0.1) is 0 Å². The molecule has 130 valence electrons. The number of fused-ring (bicyclic) bond motifs is 1. The van der Waals surface area contributed by atoms with Gasteiger partial charge in [0.15, 0.2) is 0 Å². The second kappa shape index (κ2) is 6.80. The molecule has 3 nitrogen and oxygen atoms in total. The molecule has 0 radical (unpaired) electrons. The molecule has 0 amide bonds. The first-order valence-electron chi connectivity index (χ1n) is 8.93. The summed E-state index contributed by atoms with van der Waals surface area (Å²) in [6, 6.07) is 0. The largest absolute Gasteiger partial charge is 0.478 e. The molecule has 0 unspecified atom stereocenters. The van der Waals surface area contributed by atoms with E-state index >= 15 is 0 Å². The summed E-state index contributed by atoms with van der Waals surface area (Å²) in [5.74, 6) is 0.124. The summed E-state index contributed by atoms with van der Waals surface area (Å²) < 4.78 is 0. The first-order chi connectivity index (χ1) is 10.7. The molecule has 0 saturated heterocycles. The minimum atomic E-state index is -0.911. The highest BCUT2D eigenvalue weighted by atomic mass is 16.4. The van der Waals surface area contributed by atoms with Crippen molar-refractivity contribution in [2.75, 3.05) is 6.61 Å². The van der Waals surface area contributed by atoms with Gasteiger partial charge < -0.3 is 10.2 Å². The highest BCUT2D eigenvalue weighted by molar-refractivity contribution is 5.86. The fourth-order valence-electron chi connectivity index (χ4n) is 5.39. The summed E-state index contributed by atoms with van der Waals surface area (Å²) in [6.45, 7) is 11.4. The lowest BCUT2D eigenvalue weighted by Crippen LogP contribution is -2.49. The van der Waals surface area contributed by atoms with Crippen LogP contribution in [0.3, 0.4) is 0 Å². The van der Waals surface area contributed by atoms with Crippen molar-refractivity contribution in [3.63, 3.8) is 0 Å². The normalized spacial score (nSPS) is 34.1. The fourth-order valence-corrected chi connectivity index (χ4v) is 5.39. The lowest BCUT2D eigenvalue weighted by atomic mass is 9.47. The van der Waals surface area contributed by atoms with Gasteiger partial charge in [-0.25, -0.2) is 4.79 Å². The van der Waals surface area contributed by atoms with Crippen LogP contribution in [0.15, 0.2) is 23.8 Å². The first kappa shape index (κ1) is 18.3. The van der Waals surface area contributed by atoms with Crippen molar-refractivity contribution in [3.05, 3.63) is 23.8 Å². The van der Waals surface area contributed by atoms with Crippen LogP contribution in [0.1, 0.15) is 65.7 Å². The first-order valence-corrected chi connectivity index (χ1v) is 8.93. The number of aliphatic hydroxyl groups excluding tert-OH is 1. The Balaban J connectivity index is 2.26. The molecule has 23 heavy (non-hydrogen) atoms. The Morgan fingerprint density at radius 3 is 2.65 bits per heavy atom. The highest BCUT2D eigenvalue weighted by Crippen LogP contribution is 2.61. The van der Waals surface area contributed by atoms with Gasteiger partial charge in [-0.2, -0.15) is 0 Å². The van der Waals surface area contributed by atoms with E-state index in [9.17, 15) is 9.90 Å². The van der Waals surface area contributed by atoms with Gasteiger partial charge in [-0.1, -0.05) is 45.4 Å². The van der Waals surface area contributed by atoms with Crippen LogP contribution in [0.2, 0.25) is 0 Å². The fraction of sp³-hybridized carbons (Fsp3) is 0.750. The van der Waals surface area contributed by atoms with Gasteiger partial charge in [0.1, 0.15) is 0 Å². The van der Waals surface area contributed by atoms with Crippen LogP contribution >= 0.6 is 0 Å². The predicted octanol–water partition coefficient (Wildman–Crippen LogP) is 4.57. The van der Waals surface area contributed by atoms with Crippen molar-refractivity contribution in [3.8, 4) is 0 Å². The quantitative estimate of drug-likeness (QED) is 0.576. The SMILES string of the molecule is C=C1CC[C@H]2C(C)(C)CCC[C@]2(C)[C@H]1C/C=C(\CCO)C(=O)O. The third kappa shape index (κ3) is 3.55. The van der Waals surface area contributed by atoms with E-state index in [2.05, 4.69) is 27.4 Å². The molecule has 0 aromatic carbocycles. The lowest BCUT2D eigenvalue weighted by molar-refractivity contribution is -0.133. The average Bonchev–Trinajstić information content (AvgIpc) is 2.44. The van der Waals surface area contributed by atoms with E-state index in [1.807, 2.05) is 6.08 Å². The number of carboxylic acids is 1. The second-order valence-electron chi connectivity index (χ2n) is 8.39. The molecule has 2 rings (SSSR count). The van der Waals surface area contributed by atoms with Crippen LogP contribution in [-0.4, -0.2) is 22.8 Å². The Labute approximate surface area is 140 Å². The van der Waals surface area contributed by atoms with Gasteiger partial charge in [-0.05, 0) is 54.8 Å². The van der Waals surface area contributed by atoms with Crippen LogP contribution in [0, 0.1) is 22.7 Å². The molecule has 2 saturated carbocycles. The Morgan fingerprint density at radius 2 is 2.04 bits per heavy atom. The highest BCUT2D eigenvalue weighted by Gasteiger charge is 2.52. The number of carboxylic acid groups (broad SMARTS) is 1. The molecule has 2 N–H and O–H groups in total. The molecular weight excluding hydrogens is 288 g/mol. The third-order valence-corrected chi connectivity index (χ3v) is 6.57. The Hall–Kier alpha value is -1.09. The molecule has 2 aliphatic carbocycles. The topological polar surface area (TPSA) is 57.5 Å². The van der Waals surface area contributed by atoms with Crippen LogP contribution in [-0.2, 0) is 4.79 Å². The summed E-state index contributed by atoms with van der Waals surface area (Å²) in [5.41, 5.74) is 2.19. The predicted molar refractivity (Wildman–Crippen MR) is 93.1 cm³/mol. The van der Waals surface area contributed by atoms with E-state index in [1.54, 1.807) is 0 Å². The number of hydrogen-bond donors (Lipinski definition) is 2. The summed E-state index contributed by atoms with van der Waals surface area (Å²) in [6.07, 6.45) is 8.81. The minimum Gasteiger partial charge on any atom is -0.478 e. The van der Waals surface area contributed by atoms with E-state index in [-0.39, 0.29) is 18.4 Å².